The highest BCUT2D eigenvalue weighted by molar-refractivity contribution is 6.99. The summed E-state index contributed by atoms with van der Waals surface area (Å²) in [6, 6.07) is 37.3. The molecule has 0 aliphatic carbocycles. The van der Waals surface area contributed by atoms with Gasteiger partial charge in [-0.2, -0.15) is 0 Å². The molecule has 1 aromatic heterocycles. The number of aromatic nitrogens is 1. The molecule has 0 spiro atoms. The summed E-state index contributed by atoms with van der Waals surface area (Å²) in [6.45, 7) is 2.31. The van der Waals surface area contributed by atoms with Crippen molar-refractivity contribution in [2.75, 3.05) is 0 Å². The van der Waals surface area contributed by atoms with E-state index in [9.17, 15) is 0 Å². The first-order valence-electron chi connectivity index (χ1n) is 11.8. The number of hydrogen-bond acceptors (Lipinski definition) is 1. The minimum atomic E-state index is 0.152. The van der Waals surface area contributed by atoms with E-state index >= 15 is 0 Å². The summed E-state index contributed by atoms with van der Waals surface area (Å²) in [5, 5.41) is 2.62. The van der Waals surface area contributed by atoms with Crippen LogP contribution < -0.4 is 21.1 Å². The normalized spacial score (nSPS) is 13.0. The van der Waals surface area contributed by atoms with Crippen LogP contribution in [0.25, 0.3) is 38.6 Å². The Kier molecular flexibility index (Phi) is 3.44. The topological polar surface area (TPSA) is 14.2 Å². The summed E-state index contributed by atoms with van der Waals surface area (Å²) in [5.41, 5.74) is 11.3. The number of hydrogen-bond donors (Lipinski definition) is 0. The van der Waals surface area contributed by atoms with E-state index in [4.69, 9.17) is 4.74 Å². The van der Waals surface area contributed by atoms with E-state index in [1.165, 1.54) is 60.6 Å². The van der Waals surface area contributed by atoms with Gasteiger partial charge in [0, 0.05) is 22.0 Å². The van der Waals surface area contributed by atoms with Gasteiger partial charge in [0.2, 0.25) is 0 Å². The van der Waals surface area contributed by atoms with Crippen molar-refractivity contribution >= 4 is 44.9 Å². The van der Waals surface area contributed by atoms with Crippen LogP contribution in [-0.4, -0.2) is 11.3 Å². The van der Waals surface area contributed by atoms with Gasteiger partial charge in [0.1, 0.15) is 11.5 Å². The Hall–Kier alpha value is -4.24. The predicted octanol–water partition coefficient (Wildman–Crippen LogP) is 5.69. The van der Waals surface area contributed by atoms with Gasteiger partial charge in [-0.3, -0.25) is 0 Å². The summed E-state index contributed by atoms with van der Waals surface area (Å²) in [4.78, 5) is 0. The summed E-state index contributed by atoms with van der Waals surface area (Å²) in [7, 11) is 0. The van der Waals surface area contributed by atoms with Crippen LogP contribution in [0.1, 0.15) is 5.56 Å². The van der Waals surface area contributed by atoms with Gasteiger partial charge in [0.05, 0.1) is 5.52 Å². The number of nitrogens with zero attached hydrogens (tertiary/aromatic N) is 1. The number of fused-ring (bicyclic) bond motifs is 7. The van der Waals surface area contributed by atoms with Crippen LogP contribution in [-0.2, 0) is 0 Å². The van der Waals surface area contributed by atoms with E-state index in [2.05, 4.69) is 115 Å². The number of para-hydroxylation sites is 2. The third kappa shape index (κ3) is 2.26. The Bertz CT molecular complexity index is 1800. The maximum atomic E-state index is 6.65. The number of ether oxygens (including phenoxy) is 1. The van der Waals surface area contributed by atoms with E-state index in [-0.39, 0.29) is 6.71 Å². The second-order valence-corrected chi connectivity index (χ2v) is 9.45. The van der Waals surface area contributed by atoms with Crippen molar-refractivity contribution in [1.82, 2.24) is 4.57 Å². The van der Waals surface area contributed by atoms with Gasteiger partial charge in [0.15, 0.2) is 0 Å². The van der Waals surface area contributed by atoms with Crippen LogP contribution in [0.4, 0.5) is 0 Å². The molecule has 34 heavy (non-hydrogen) atoms. The Morgan fingerprint density at radius 1 is 0.647 bits per heavy atom. The van der Waals surface area contributed by atoms with Crippen LogP contribution in [0.2, 0.25) is 0 Å². The highest BCUT2D eigenvalue weighted by atomic mass is 16.5. The zero-order chi connectivity index (χ0) is 22.4. The molecular formula is C31H20BNO. The SMILES string of the molecule is Cc1cc2c3c(c1)-n1c4ccccc4c4cccc(c41)B3c1ccc(-c3ccccc3)cc1O2. The first-order chi connectivity index (χ1) is 16.8. The molecule has 6 aromatic rings. The average Bonchev–Trinajstić information content (AvgIpc) is 3.22. The van der Waals surface area contributed by atoms with Gasteiger partial charge < -0.3 is 9.30 Å². The molecule has 8 rings (SSSR count). The summed E-state index contributed by atoms with van der Waals surface area (Å²) in [5.74, 6) is 1.93. The van der Waals surface area contributed by atoms with Crippen molar-refractivity contribution in [3.63, 3.8) is 0 Å². The average molecular weight is 433 g/mol. The first-order valence-corrected chi connectivity index (χ1v) is 11.8. The van der Waals surface area contributed by atoms with Crippen LogP contribution in [0.15, 0.2) is 103 Å². The van der Waals surface area contributed by atoms with Crippen LogP contribution >= 0.6 is 0 Å². The van der Waals surface area contributed by atoms with Crippen molar-refractivity contribution in [2.24, 2.45) is 0 Å². The Morgan fingerprint density at radius 3 is 2.38 bits per heavy atom. The lowest BCUT2D eigenvalue weighted by Gasteiger charge is -2.33. The minimum Gasteiger partial charge on any atom is -0.458 e. The van der Waals surface area contributed by atoms with E-state index in [0.717, 1.165) is 11.5 Å². The van der Waals surface area contributed by atoms with E-state index in [0.29, 0.717) is 0 Å². The monoisotopic (exact) mass is 433 g/mol. The van der Waals surface area contributed by atoms with Gasteiger partial charge in [-0.1, -0.05) is 78.9 Å². The first kappa shape index (κ1) is 18.2. The molecule has 0 atom stereocenters. The van der Waals surface area contributed by atoms with Crippen molar-refractivity contribution < 1.29 is 4.74 Å². The molecular weight excluding hydrogens is 413 g/mol. The van der Waals surface area contributed by atoms with Crippen LogP contribution in [0.3, 0.4) is 0 Å². The smallest absolute Gasteiger partial charge is 0.256 e. The fourth-order valence-electron chi connectivity index (χ4n) is 6.10. The third-order valence-corrected chi connectivity index (χ3v) is 7.48. The van der Waals surface area contributed by atoms with Gasteiger partial charge in [-0.15, -0.1) is 0 Å². The summed E-state index contributed by atoms with van der Waals surface area (Å²) >= 11 is 0. The van der Waals surface area contributed by atoms with E-state index < -0.39 is 0 Å². The van der Waals surface area contributed by atoms with Crippen molar-refractivity contribution in [3.05, 3.63) is 109 Å². The van der Waals surface area contributed by atoms with Gasteiger partial charge in [-0.05, 0) is 64.3 Å². The fourth-order valence-corrected chi connectivity index (χ4v) is 6.10. The standard InChI is InChI=1S/C31H20BNO/c1-19-16-27-30-29(17-19)34-28-18-21(20-8-3-2-4-9-20)14-15-24(28)32(30)25-12-7-11-23-22-10-5-6-13-26(22)33(27)31(23)25/h2-18H,1H3. The van der Waals surface area contributed by atoms with Crippen LogP contribution in [0, 0.1) is 6.92 Å². The molecule has 5 aromatic carbocycles. The fraction of sp³-hybridized carbons (Fsp3) is 0.0323. The zero-order valence-corrected chi connectivity index (χ0v) is 18.7. The Labute approximate surface area is 198 Å². The molecule has 0 bridgehead atoms. The number of rotatable bonds is 1. The largest absolute Gasteiger partial charge is 0.458 e. The Balaban J connectivity index is 1.48. The maximum absolute atomic E-state index is 6.65. The second-order valence-electron chi connectivity index (χ2n) is 9.45. The number of aryl methyl sites for hydroxylation is 1. The van der Waals surface area contributed by atoms with Crippen molar-refractivity contribution in [2.45, 2.75) is 6.92 Å². The molecule has 0 saturated carbocycles. The predicted molar refractivity (Wildman–Crippen MR) is 142 cm³/mol. The lowest BCUT2D eigenvalue weighted by molar-refractivity contribution is 0.487. The second kappa shape index (κ2) is 6.42. The summed E-state index contributed by atoms with van der Waals surface area (Å²) in [6.07, 6.45) is 0. The van der Waals surface area contributed by atoms with Gasteiger partial charge in [-0.25, -0.2) is 0 Å². The molecule has 2 nitrogen and oxygen atoms in total. The lowest BCUT2D eigenvalue weighted by atomic mass is 9.34. The molecule has 2 aliphatic rings. The summed E-state index contributed by atoms with van der Waals surface area (Å²) < 4.78 is 9.11. The minimum absolute atomic E-state index is 0.152. The molecule has 158 valence electrons. The van der Waals surface area contributed by atoms with Crippen molar-refractivity contribution in [3.8, 4) is 28.3 Å². The lowest BCUT2D eigenvalue weighted by Crippen LogP contribution is -2.58. The molecule has 0 N–H and O–H groups in total. The molecule has 0 radical (unpaired) electrons. The molecule has 0 unspecified atom stereocenters. The highest BCUT2D eigenvalue weighted by Gasteiger charge is 2.40. The van der Waals surface area contributed by atoms with Crippen LogP contribution in [0.5, 0.6) is 11.5 Å². The van der Waals surface area contributed by atoms with Gasteiger partial charge >= 0.3 is 0 Å². The molecule has 0 saturated heterocycles. The van der Waals surface area contributed by atoms with Crippen molar-refractivity contribution in [1.29, 1.82) is 0 Å². The molecule has 3 heteroatoms. The number of benzene rings is 5. The molecule has 3 heterocycles. The van der Waals surface area contributed by atoms with E-state index in [1.54, 1.807) is 0 Å². The molecule has 2 aliphatic heterocycles. The van der Waals surface area contributed by atoms with Gasteiger partial charge in [0.25, 0.3) is 6.71 Å². The van der Waals surface area contributed by atoms with E-state index in [1.807, 2.05) is 0 Å². The maximum Gasteiger partial charge on any atom is 0.256 e. The quantitative estimate of drug-likeness (QED) is 0.303. The Morgan fingerprint density at radius 2 is 1.47 bits per heavy atom. The molecule has 0 amide bonds. The third-order valence-electron chi connectivity index (χ3n) is 7.48. The molecule has 0 fully saturated rings. The highest BCUT2D eigenvalue weighted by Crippen LogP contribution is 2.38. The zero-order valence-electron chi connectivity index (χ0n) is 18.7.